The van der Waals surface area contributed by atoms with Gasteiger partial charge in [0.05, 0.1) is 5.69 Å². The lowest BCUT2D eigenvalue weighted by Gasteiger charge is -2.50. The first-order valence-electron chi connectivity index (χ1n) is 19.7. The average Bonchev–Trinajstić information content (AvgIpc) is 3.79. The van der Waals surface area contributed by atoms with Crippen LogP contribution in [0.3, 0.4) is 0 Å². The van der Waals surface area contributed by atoms with E-state index < -0.39 is 0 Å². The zero-order valence-corrected chi connectivity index (χ0v) is 32.1. The molecule has 5 heteroatoms. The highest BCUT2D eigenvalue weighted by Gasteiger charge is 2.53. The summed E-state index contributed by atoms with van der Waals surface area (Å²) in [5, 5.41) is 3.33. The van der Waals surface area contributed by atoms with Crippen molar-refractivity contribution in [2.75, 3.05) is 9.71 Å². The van der Waals surface area contributed by atoms with Gasteiger partial charge in [-0.15, -0.1) is 0 Å². The number of rotatable bonds is 2. The van der Waals surface area contributed by atoms with E-state index in [0.717, 1.165) is 61.3 Å². The molecule has 0 unspecified atom stereocenters. The van der Waals surface area contributed by atoms with E-state index in [0.29, 0.717) is 0 Å². The van der Waals surface area contributed by atoms with Gasteiger partial charge in [0, 0.05) is 60.8 Å². The molecule has 0 fully saturated rings. The van der Waals surface area contributed by atoms with Gasteiger partial charge < -0.3 is 13.6 Å². The van der Waals surface area contributed by atoms with Gasteiger partial charge in [0.25, 0.3) is 0 Å². The van der Waals surface area contributed by atoms with Crippen molar-refractivity contribution in [3.8, 4) is 22.3 Å². The Balaban J connectivity index is 1.29. The third-order valence-corrected chi connectivity index (χ3v) is 12.8. The molecule has 0 N–H and O–H groups in total. The lowest BCUT2D eigenvalue weighted by Crippen LogP contribution is -2.62. The molecule has 9 aromatic rings. The van der Waals surface area contributed by atoms with Crippen LogP contribution in [-0.4, -0.2) is 6.85 Å². The maximum absolute atomic E-state index is 7.21. The molecule has 0 saturated heterocycles. The molecule has 0 saturated carbocycles. The predicted molar refractivity (Wildman–Crippen MR) is 233 cm³/mol. The third kappa shape index (κ3) is 4.05. The molecule has 3 aliphatic heterocycles. The molecule has 2 aromatic heterocycles. The normalized spacial score (nSPS) is 14.9. The van der Waals surface area contributed by atoms with Crippen LogP contribution in [0, 0.1) is 0 Å². The average molecular weight is 723 g/mol. The molecule has 0 spiro atoms. The molecule has 3 aliphatic rings. The van der Waals surface area contributed by atoms with Crippen LogP contribution in [0.4, 0.5) is 28.6 Å². The second-order valence-corrected chi connectivity index (χ2v) is 17.3. The Bertz CT molecular complexity index is 3130. The number of hydrogen-bond donors (Lipinski definition) is 0. The van der Waals surface area contributed by atoms with Crippen LogP contribution in [-0.2, 0) is 10.8 Å². The summed E-state index contributed by atoms with van der Waals surface area (Å²) in [5.41, 5.74) is 18.1. The number of hydrogen-bond acceptors (Lipinski definition) is 4. The molecule has 56 heavy (non-hydrogen) atoms. The number of benzene rings is 7. The summed E-state index contributed by atoms with van der Waals surface area (Å²) in [4.78, 5) is 5.06. The lowest BCUT2D eigenvalue weighted by molar-refractivity contribution is 0.590. The van der Waals surface area contributed by atoms with Crippen molar-refractivity contribution < 1.29 is 8.83 Å². The highest BCUT2D eigenvalue weighted by molar-refractivity contribution is 6.95. The fourth-order valence-electron chi connectivity index (χ4n) is 10.1. The quantitative estimate of drug-likeness (QED) is 0.166. The van der Waals surface area contributed by atoms with Gasteiger partial charge in [0.2, 0.25) is 5.88 Å². The molecular weight excluding hydrogens is 683 g/mol. The Hall–Kier alpha value is -6.46. The minimum absolute atomic E-state index is 0.0375. The van der Waals surface area contributed by atoms with Gasteiger partial charge >= 0.3 is 6.85 Å². The number of anilines is 5. The molecule has 0 aliphatic carbocycles. The van der Waals surface area contributed by atoms with Crippen molar-refractivity contribution in [3.05, 3.63) is 162 Å². The van der Waals surface area contributed by atoms with Crippen LogP contribution in [0.15, 0.2) is 154 Å². The predicted octanol–water partition coefficient (Wildman–Crippen LogP) is 12.6. The molecule has 4 nitrogen and oxygen atoms in total. The first-order chi connectivity index (χ1) is 27.2. The fourth-order valence-corrected chi connectivity index (χ4v) is 10.1. The summed E-state index contributed by atoms with van der Waals surface area (Å²) in [6.07, 6.45) is 0. The zero-order chi connectivity index (χ0) is 37.7. The second-order valence-electron chi connectivity index (χ2n) is 17.3. The Morgan fingerprint density at radius 2 is 1.25 bits per heavy atom. The molecule has 0 atom stereocenters. The van der Waals surface area contributed by atoms with Crippen molar-refractivity contribution in [3.63, 3.8) is 0 Å². The van der Waals surface area contributed by atoms with Crippen LogP contribution >= 0.6 is 0 Å². The number of para-hydroxylation sites is 4. The Kier molecular flexibility index (Phi) is 6.17. The molecule has 5 heterocycles. The van der Waals surface area contributed by atoms with E-state index in [9.17, 15) is 0 Å². The third-order valence-electron chi connectivity index (χ3n) is 12.8. The van der Waals surface area contributed by atoms with Gasteiger partial charge in [0.1, 0.15) is 16.7 Å². The van der Waals surface area contributed by atoms with Gasteiger partial charge in [-0.3, -0.25) is 4.90 Å². The number of furan rings is 2. The standard InChI is InChI=1S/C51H39BN2O2/c1-50(2,3)31-26-27-39(35(28-31)30-16-7-6-8-17-30)53-41-29-36-32-18-9-13-24-42(32)55-48(36)44-34-20-15-22-38-47(34)54(40-23-12-11-21-37(40)51(38,4)5)52(46(41)44)45-33-19-10-14-25-43(33)56-49(45)53/h6-29H,1-5H3. The van der Waals surface area contributed by atoms with Crippen molar-refractivity contribution in [1.29, 1.82) is 0 Å². The number of nitrogens with zero attached hydrogens (tertiary/aromatic N) is 2. The van der Waals surface area contributed by atoms with Crippen LogP contribution in [0.5, 0.6) is 0 Å². The molecule has 0 radical (unpaired) electrons. The van der Waals surface area contributed by atoms with Crippen LogP contribution < -0.4 is 20.6 Å². The van der Waals surface area contributed by atoms with E-state index >= 15 is 0 Å². The van der Waals surface area contributed by atoms with Crippen LogP contribution in [0.25, 0.3) is 55.2 Å². The molecular formula is C51H39BN2O2. The van der Waals surface area contributed by atoms with Crippen LogP contribution in [0.2, 0.25) is 0 Å². The van der Waals surface area contributed by atoms with Crippen molar-refractivity contribution in [1.82, 2.24) is 0 Å². The first kappa shape index (κ1) is 31.9. The van der Waals surface area contributed by atoms with E-state index in [-0.39, 0.29) is 17.7 Å². The Morgan fingerprint density at radius 3 is 2.05 bits per heavy atom. The second kappa shape index (κ2) is 10.9. The minimum atomic E-state index is -0.220. The van der Waals surface area contributed by atoms with Crippen molar-refractivity contribution >= 4 is 79.3 Å². The van der Waals surface area contributed by atoms with E-state index in [4.69, 9.17) is 8.83 Å². The lowest BCUT2D eigenvalue weighted by atomic mass is 9.42. The smallest absolute Gasteiger partial charge is 0.337 e. The van der Waals surface area contributed by atoms with E-state index in [1.165, 1.54) is 50.1 Å². The zero-order valence-electron chi connectivity index (χ0n) is 32.1. The summed E-state index contributed by atoms with van der Waals surface area (Å²) in [5.74, 6) is 0.853. The topological polar surface area (TPSA) is 32.8 Å². The first-order valence-corrected chi connectivity index (χ1v) is 19.7. The Morgan fingerprint density at radius 1 is 0.554 bits per heavy atom. The van der Waals surface area contributed by atoms with E-state index in [1.54, 1.807) is 0 Å². The Labute approximate surface area is 326 Å². The highest BCUT2D eigenvalue weighted by Crippen LogP contribution is 2.58. The van der Waals surface area contributed by atoms with Gasteiger partial charge in [-0.25, -0.2) is 0 Å². The molecule has 0 amide bonds. The van der Waals surface area contributed by atoms with Gasteiger partial charge in [-0.2, -0.15) is 0 Å². The van der Waals surface area contributed by atoms with E-state index in [2.05, 4.69) is 190 Å². The summed E-state index contributed by atoms with van der Waals surface area (Å²) in [6, 6.07) is 53.2. The molecule has 12 rings (SSSR count). The maximum atomic E-state index is 7.21. The van der Waals surface area contributed by atoms with Gasteiger partial charge in [0.15, 0.2) is 0 Å². The summed E-state index contributed by atoms with van der Waals surface area (Å²) < 4.78 is 14.2. The summed E-state index contributed by atoms with van der Waals surface area (Å²) in [7, 11) is 0. The molecule has 7 aromatic carbocycles. The monoisotopic (exact) mass is 722 g/mol. The molecule has 0 bridgehead atoms. The summed E-state index contributed by atoms with van der Waals surface area (Å²) in [6.45, 7) is 11.4. The SMILES string of the molecule is CC(C)(C)c1ccc(N2c3cc4c(oc5ccccc54)c4c3B(c3c2oc2ccccc32)N2c3ccccc3C(C)(C)c3cccc-4c32)c(-c2ccccc2)c1. The minimum Gasteiger partial charge on any atom is -0.455 e. The summed E-state index contributed by atoms with van der Waals surface area (Å²) >= 11 is 0. The fraction of sp³-hybridized carbons (Fsp3) is 0.137. The van der Waals surface area contributed by atoms with Crippen molar-refractivity contribution in [2.24, 2.45) is 0 Å². The largest absolute Gasteiger partial charge is 0.455 e. The van der Waals surface area contributed by atoms with Gasteiger partial charge in [-0.05, 0) is 69.5 Å². The number of fused-ring (bicyclic) bond motifs is 12. The van der Waals surface area contributed by atoms with E-state index in [1.807, 2.05) is 0 Å². The van der Waals surface area contributed by atoms with Gasteiger partial charge in [-0.1, -0.05) is 144 Å². The van der Waals surface area contributed by atoms with Crippen LogP contribution in [0.1, 0.15) is 51.3 Å². The molecule has 268 valence electrons. The highest BCUT2D eigenvalue weighted by atomic mass is 16.4. The maximum Gasteiger partial charge on any atom is 0.337 e. The van der Waals surface area contributed by atoms with Crippen molar-refractivity contribution in [2.45, 2.75) is 45.4 Å².